The summed E-state index contributed by atoms with van der Waals surface area (Å²) in [5.41, 5.74) is 1.14. The molecule has 1 aromatic carbocycles. The summed E-state index contributed by atoms with van der Waals surface area (Å²) in [5, 5.41) is 0. The van der Waals surface area contributed by atoms with Crippen LogP contribution in [-0.4, -0.2) is 10.8 Å². The third-order valence-electron chi connectivity index (χ3n) is 2.97. The second-order valence-electron chi connectivity index (χ2n) is 4.49. The maximum Gasteiger partial charge on any atom is 0.416 e. The molecule has 0 radical (unpaired) electrons. The number of benzene rings is 1. The highest BCUT2D eigenvalue weighted by Crippen LogP contribution is 2.29. The molecule has 1 heterocycles. The Morgan fingerprint density at radius 3 is 2.35 bits per heavy atom. The van der Waals surface area contributed by atoms with E-state index in [0.717, 1.165) is 17.7 Å². The molecule has 0 saturated carbocycles. The first-order valence-electron chi connectivity index (χ1n) is 5.98. The van der Waals surface area contributed by atoms with Crippen molar-refractivity contribution in [2.24, 2.45) is 0 Å². The van der Waals surface area contributed by atoms with Crippen LogP contribution in [0.15, 0.2) is 42.7 Å². The van der Waals surface area contributed by atoms with Crippen LogP contribution in [0.5, 0.6) is 0 Å². The Balaban J connectivity index is 2.15. The first-order valence-corrected chi connectivity index (χ1v) is 5.98. The van der Waals surface area contributed by atoms with Gasteiger partial charge in [0, 0.05) is 24.4 Å². The van der Waals surface area contributed by atoms with Gasteiger partial charge in [-0.2, -0.15) is 13.2 Å². The summed E-state index contributed by atoms with van der Waals surface area (Å²) in [5.74, 6) is -0.135. The molecule has 1 aromatic heterocycles. The van der Waals surface area contributed by atoms with Crippen LogP contribution in [0.2, 0.25) is 0 Å². The van der Waals surface area contributed by atoms with Gasteiger partial charge in [-0.25, -0.2) is 0 Å². The quantitative estimate of drug-likeness (QED) is 0.799. The number of halogens is 3. The number of hydrogen-bond donors (Lipinski definition) is 0. The second-order valence-corrected chi connectivity index (χ2v) is 4.49. The minimum Gasteiger partial charge on any atom is -0.294 e. The largest absolute Gasteiger partial charge is 0.416 e. The Labute approximate surface area is 114 Å². The number of aryl methyl sites for hydroxylation is 1. The van der Waals surface area contributed by atoms with Gasteiger partial charge in [-0.3, -0.25) is 9.78 Å². The first kappa shape index (κ1) is 14.2. The molecule has 104 valence electrons. The molecule has 2 aromatic rings. The molecule has 0 spiro atoms. The van der Waals surface area contributed by atoms with E-state index < -0.39 is 11.7 Å². The van der Waals surface area contributed by atoms with E-state index in [-0.39, 0.29) is 12.2 Å². The summed E-state index contributed by atoms with van der Waals surface area (Å²) in [6, 6.07) is 6.25. The molecule has 0 atom stereocenters. The Morgan fingerprint density at radius 1 is 1.15 bits per heavy atom. The van der Waals surface area contributed by atoms with Crippen molar-refractivity contribution >= 4 is 5.78 Å². The number of pyridine rings is 1. The molecule has 0 unspecified atom stereocenters. The van der Waals surface area contributed by atoms with Gasteiger partial charge in [0.05, 0.1) is 5.56 Å². The smallest absolute Gasteiger partial charge is 0.294 e. The van der Waals surface area contributed by atoms with Crippen molar-refractivity contribution in [3.05, 3.63) is 65.0 Å². The summed E-state index contributed by atoms with van der Waals surface area (Å²) in [7, 11) is 0. The Morgan fingerprint density at radius 2 is 1.80 bits per heavy atom. The number of nitrogens with zero attached hydrogens (tertiary/aromatic N) is 1. The van der Waals surface area contributed by atoms with E-state index in [1.54, 1.807) is 19.2 Å². The third kappa shape index (κ3) is 3.23. The van der Waals surface area contributed by atoms with Gasteiger partial charge >= 0.3 is 6.18 Å². The number of Topliss-reactive ketones (excluding diaryl/α,β-unsaturated/α-hetero) is 1. The molecule has 0 saturated heterocycles. The molecular formula is C15H12F3NO. The van der Waals surface area contributed by atoms with Crippen molar-refractivity contribution in [3.63, 3.8) is 0 Å². The Hall–Kier alpha value is -2.17. The molecule has 2 nitrogen and oxygen atoms in total. The van der Waals surface area contributed by atoms with Crippen LogP contribution in [0.3, 0.4) is 0 Å². The van der Waals surface area contributed by atoms with Gasteiger partial charge < -0.3 is 0 Å². The number of ketones is 1. The van der Waals surface area contributed by atoms with Crippen LogP contribution >= 0.6 is 0 Å². The van der Waals surface area contributed by atoms with E-state index in [1.165, 1.54) is 18.3 Å². The second kappa shape index (κ2) is 5.45. The third-order valence-corrected chi connectivity index (χ3v) is 2.97. The van der Waals surface area contributed by atoms with Gasteiger partial charge in [0.25, 0.3) is 0 Å². The topological polar surface area (TPSA) is 30.0 Å². The summed E-state index contributed by atoms with van der Waals surface area (Å²) in [6.07, 6.45) is -1.18. The van der Waals surface area contributed by atoms with E-state index >= 15 is 0 Å². The molecular weight excluding hydrogens is 267 g/mol. The van der Waals surface area contributed by atoms with Gasteiger partial charge in [-0.15, -0.1) is 0 Å². The number of carbonyl (C=O) groups excluding carboxylic acids is 1. The predicted octanol–water partition coefficient (Wildman–Crippen LogP) is 3.83. The van der Waals surface area contributed by atoms with Gasteiger partial charge in [-0.05, 0) is 36.2 Å². The fourth-order valence-corrected chi connectivity index (χ4v) is 1.88. The lowest BCUT2D eigenvalue weighted by atomic mass is 10.00. The molecule has 0 amide bonds. The highest BCUT2D eigenvalue weighted by Gasteiger charge is 2.29. The van der Waals surface area contributed by atoms with E-state index in [4.69, 9.17) is 0 Å². The normalized spacial score (nSPS) is 11.4. The average Bonchev–Trinajstić information content (AvgIpc) is 2.38. The summed E-state index contributed by atoms with van der Waals surface area (Å²) in [4.78, 5) is 16.0. The summed E-state index contributed by atoms with van der Waals surface area (Å²) in [6.45, 7) is 1.77. The highest BCUT2D eigenvalue weighted by atomic mass is 19.4. The minimum atomic E-state index is -4.36. The summed E-state index contributed by atoms with van der Waals surface area (Å²) < 4.78 is 37.3. The van der Waals surface area contributed by atoms with Crippen molar-refractivity contribution in [2.75, 3.05) is 0 Å². The van der Waals surface area contributed by atoms with Gasteiger partial charge in [0.1, 0.15) is 0 Å². The van der Waals surface area contributed by atoms with Crippen molar-refractivity contribution in [1.82, 2.24) is 4.98 Å². The van der Waals surface area contributed by atoms with E-state index in [1.807, 2.05) is 0 Å². The standard InChI is InChI=1S/C15H12F3NO/c1-10-9-19-7-6-13(10)14(20)8-11-2-4-12(5-3-11)15(16,17)18/h2-7,9H,8H2,1H3. The van der Waals surface area contributed by atoms with E-state index in [0.29, 0.717) is 11.1 Å². The fraction of sp³-hybridized carbons (Fsp3) is 0.200. The lowest BCUT2D eigenvalue weighted by Gasteiger charge is -2.08. The van der Waals surface area contributed by atoms with E-state index in [9.17, 15) is 18.0 Å². The fourth-order valence-electron chi connectivity index (χ4n) is 1.88. The van der Waals surface area contributed by atoms with E-state index in [2.05, 4.69) is 4.98 Å². The zero-order valence-corrected chi connectivity index (χ0v) is 10.7. The van der Waals surface area contributed by atoms with Gasteiger partial charge in [0.2, 0.25) is 0 Å². The molecule has 0 bridgehead atoms. The SMILES string of the molecule is Cc1cnccc1C(=O)Cc1ccc(C(F)(F)F)cc1. The van der Waals surface area contributed by atoms with Crippen LogP contribution < -0.4 is 0 Å². The van der Waals surface area contributed by atoms with Crippen LogP contribution in [0.1, 0.15) is 27.0 Å². The van der Waals surface area contributed by atoms with Crippen molar-refractivity contribution in [3.8, 4) is 0 Å². The Bertz CT molecular complexity index is 618. The number of carbonyl (C=O) groups is 1. The molecule has 0 aliphatic rings. The molecule has 20 heavy (non-hydrogen) atoms. The first-order chi connectivity index (χ1) is 9.38. The van der Waals surface area contributed by atoms with Crippen LogP contribution in [-0.2, 0) is 12.6 Å². The number of hydrogen-bond acceptors (Lipinski definition) is 2. The number of alkyl halides is 3. The van der Waals surface area contributed by atoms with Crippen LogP contribution in [0, 0.1) is 6.92 Å². The average molecular weight is 279 g/mol. The number of aromatic nitrogens is 1. The maximum atomic E-state index is 12.4. The number of rotatable bonds is 3. The molecule has 0 aliphatic carbocycles. The van der Waals surface area contributed by atoms with Gasteiger partial charge in [0.15, 0.2) is 5.78 Å². The molecule has 2 rings (SSSR count). The zero-order valence-electron chi connectivity index (χ0n) is 10.7. The molecule has 0 aliphatic heterocycles. The molecule has 5 heteroatoms. The molecule has 0 N–H and O–H groups in total. The highest BCUT2D eigenvalue weighted by molar-refractivity contribution is 5.98. The predicted molar refractivity (Wildman–Crippen MR) is 68.5 cm³/mol. The zero-order chi connectivity index (χ0) is 14.8. The summed E-state index contributed by atoms with van der Waals surface area (Å²) >= 11 is 0. The lowest BCUT2D eigenvalue weighted by Crippen LogP contribution is -2.07. The van der Waals surface area contributed by atoms with Crippen molar-refractivity contribution in [1.29, 1.82) is 0 Å². The van der Waals surface area contributed by atoms with Crippen molar-refractivity contribution in [2.45, 2.75) is 19.5 Å². The molecule has 0 fully saturated rings. The monoisotopic (exact) mass is 279 g/mol. The minimum absolute atomic E-state index is 0.0724. The maximum absolute atomic E-state index is 12.4. The van der Waals surface area contributed by atoms with Crippen LogP contribution in [0.4, 0.5) is 13.2 Å². The van der Waals surface area contributed by atoms with Crippen LogP contribution in [0.25, 0.3) is 0 Å². The lowest BCUT2D eigenvalue weighted by molar-refractivity contribution is -0.137. The Kier molecular flexibility index (Phi) is 3.88. The van der Waals surface area contributed by atoms with Crippen molar-refractivity contribution < 1.29 is 18.0 Å². The van der Waals surface area contributed by atoms with Gasteiger partial charge in [-0.1, -0.05) is 12.1 Å².